The molecule has 10 heteroatoms. The first-order valence-corrected chi connectivity index (χ1v) is 6.20. The summed E-state index contributed by atoms with van der Waals surface area (Å²) in [5.74, 6) is 0.0251. The summed E-state index contributed by atoms with van der Waals surface area (Å²) in [4.78, 5) is 18.2. The number of aromatic amines is 1. The van der Waals surface area contributed by atoms with Gasteiger partial charge in [0.15, 0.2) is 11.9 Å². The Morgan fingerprint density at radius 2 is 2.24 bits per heavy atom. The lowest BCUT2D eigenvalue weighted by Gasteiger charge is -2.15. The largest absolute Gasteiger partial charge is 0.479 e. The molecule has 0 amide bonds. The van der Waals surface area contributed by atoms with Crippen molar-refractivity contribution in [3.05, 3.63) is 16.7 Å². The third-order valence-corrected chi connectivity index (χ3v) is 3.41. The van der Waals surface area contributed by atoms with Crippen molar-refractivity contribution >= 4 is 11.0 Å². The van der Waals surface area contributed by atoms with E-state index in [4.69, 9.17) is 14.6 Å². The Labute approximate surface area is 117 Å². The van der Waals surface area contributed by atoms with Crippen LogP contribution in [0.15, 0.2) is 11.1 Å². The predicted octanol–water partition coefficient (Wildman–Crippen LogP) is -2.26. The molecule has 114 valence electrons. The van der Waals surface area contributed by atoms with E-state index >= 15 is 0 Å². The zero-order valence-electron chi connectivity index (χ0n) is 11.0. The maximum absolute atomic E-state index is 11.8. The second-order valence-electron chi connectivity index (χ2n) is 4.61. The Morgan fingerprint density at radius 3 is 2.86 bits per heavy atom. The van der Waals surface area contributed by atoms with Crippen LogP contribution in [0.1, 0.15) is 6.23 Å². The van der Waals surface area contributed by atoms with Crippen LogP contribution in [0.3, 0.4) is 0 Å². The highest BCUT2D eigenvalue weighted by molar-refractivity contribution is 5.80. The summed E-state index contributed by atoms with van der Waals surface area (Å²) in [6, 6.07) is 0. The number of aliphatic hydroxyl groups excluding tert-OH is 3. The van der Waals surface area contributed by atoms with E-state index in [0.717, 1.165) is 4.68 Å². The van der Waals surface area contributed by atoms with Crippen molar-refractivity contribution in [2.24, 2.45) is 0 Å². The average molecular weight is 298 g/mol. The van der Waals surface area contributed by atoms with Gasteiger partial charge in [0.1, 0.15) is 23.7 Å². The average Bonchev–Trinajstić information content (AvgIpc) is 2.99. The number of rotatable bonds is 3. The molecule has 2 aromatic rings. The summed E-state index contributed by atoms with van der Waals surface area (Å²) in [6.07, 6.45) is -3.44. The first-order valence-electron chi connectivity index (χ1n) is 6.20. The third-order valence-electron chi connectivity index (χ3n) is 3.41. The maximum atomic E-state index is 11.8. The molecule has 3 rings (SSSR count). The van der Waals surface area contributed by atoms with Gasteiger partial charge in [0.05, 0.1) is 20.0 Å². The van der Waals surface area contributed by atoms with Crippen LogP contribution in [0.25, 0.3) is 11.0 Å². The number of ether oxygens (including phenoxy) is 2. The van der Waals surface area contributed by atoms with Crippen LogP contribution in [0.2, 0.25) is 0 Å². The van der Waals surface area contributed by atoms with Gasteiger partial charge in [-0.05, 0) is 0 Å². The van der Waals surface area contributed by atoms with Gasteiger partial charge in [-0.25, -0.2) is 9.67 Å². The Hall–Kier alpha value is -2.01. The molecule has 0 radical (unpaired) electrons. The summed E-state index contributed by atoms with van der Waals surface area (Å²) >= 11 is 0. The highest BCUT2D eigenvalue weighted by Crippen LogP contribution is 2.32. The van der Waals surface area contributed by atoms with Gasteiger partial charge < -0.3 is 29.8 Å². The Kier molecular flexibility index (Phi) is 3.37. The zero-order valence-corrected chi connectivity index (χ0v) is 11.0. The molecule has 0 spiro atoms. The minimum absolute atomic E-state index is 0.0251. The second-order valence-corrected chi connectivity index (χ2v) is 4.61. The van der Waals surface area contributed by atoms with Gasteiger partial charge in [0.2, 0.25) is 5.88 Å². The van der Waals surface area contributed by atoms with Gasteiger partial charge in [0.25, 0.3) is 5.56 Å². The number of nitrogens with one attached hydrogen (secondary N) is 1. The van der Waals surface area contributed by atoms with E-state index < -0.39 is 36.7 Å². The molecule has 4 atom stereocenters. The van der Waals surface area contributed by atoms with Crippen LogP contribution in [-0.4, -0.2) is 67.1 Å². The first kappa shape index (κ1) is 13.9. The molecule has 0 aromatic carbocycles. The van der Waals surface area contributed by atoms with Gasteiger partial charge >= 0.3 is 0 Å². The van der Waals surface area contributed by atoms with Crippen LogP contribution in [-0.2, 0) is 4.74 Å². The normalized spacial score (nSPS) is 29.1. The summed E-state index contributed by atoms with van der Waals surface area (Å²) in [5, 5.41) is 33.1. The third kappa shape index (κ3) is 2.00. The summed E-state index contributed by atoms with van der Waals surface area (Å²) in [7, 11) is 1.34. The molecular weight excluding hydrogens is 284 g/mol. The highest BCUT2D eigenvalue weighted by atomic mass is 16.6. The fourth-order valence-electron chi connectivity index (χ4n) is 2.35. The van der Waals surface area contributed by atoms with Crippen molar-refractivity contribution < 1.29 is 24.8 Å². The minimum atomic E-state index is -1.32. The summed E-state index contributed by atoms with van der Waals surface area (Å²) in [6.45, 7) is -0.459. The number of methoxy groups -OCH3 is 1. The second kappa shape index (κ2) is 5.07. The Balaban J connectivity index is 2.14. The van der Waals surface area contributed by atoms with Crippen LogP contribution >= 0.6 is 0 Å². The standard InChI is InChI=1S/C11H14N4O6/c1-20-10-5-8(12-3-13-9(5)19)15(14-10)11-7(18)6(17)4(2-16)21-11/h3-4,6-7,11,16-18H,2H2,1H3,(H,12,13,19)/t4-,6-,7-,11-/m1/s1. The van der Waals surface area contributed by atoms with Crippen molar-refractivity contribution in [2.75, 3.05) is 13.7 Å². The molecule has 10 nitrogen and oxygen atoms in total. The number of hydrogen-bond donors (Lipinski definition) is 4. The molecular formula is C11H14N4O6. The van der Waals surface area contributed by atoms with Crippen molar-refractivity contribution in [1.29, 1.82) is 0 Å². The number of fused-ring (bicyclic) bond motifs is 1. The highest BCUT2D eigenvalue weighted by Gasteiger charge is 2.44. The first-order chi connectivity index (χ1) is 10.1. The number of aromatic nitrogens is 4. The van der Waals surface area contributed by atoms with E-state index in [2.05, 4.69) is 15.1 Å². The molecule has 0 saturated carbocycles. The lowest BCUT2D eigenvalue weighted by atomic mass is 10.1. The smallest absolute Gasteiger partial charge is 0.265 e. The SMILES string of the molecule is COc1nn([C@@H]2O[C@H](CO)[C@@H](O)[C@H]2O)c2nc[nH]c(=O)c12. The van der Waals surface area contributed by atoms with Gasteiger partial charge in [0, 0.05) is 0 Å². The molecule has 1 saturated heterocycles. The van der Waals surface area contributed by atoms with E-state index in [1.807, 2.05) is 0 Å². The predicted molar refractivity (Wildman–Crippen MR) is 67.7 cm³/mol. The lowest BCUT2D eigenvalue weighted by Crippen LogP contribution is -2.33. The molecule has 21 heavy (non-hydrogen) atoms. The lowest BCUT2D eigenvalue weighted by molar-refractivity contribution is -0.0570. The quantitative estimate of drug-likeness (QED) is 0.497. The van der Waals surface area contributed by atoms with Gasteiger partial charge in [-0.3, -0.25) is 4.79 Å². The molecule has 0 bridgehead atoms. The monoisotopic (exact) mass is 298 g/mol. The van der Waals surface area contributed by atoms with Gasteiger partial charge in [-0.2, -0.15) is 0 Å². The van der Waals surface area contributed by atoms with Crippen molar-refractivity contribution in [3.63, 3.8) is 0 Å². The van der Waals surface area contributed by atoms with Crippen molar-refractivity contribution in [3.8, 4) is 5.88 Å². The fourth-order valence-corrected chi connectivity index (χ4v) is 2.35. The molecule has 4 N–H and O–H groups in total. The van der Waals surface area contributed by atoms with Crippen LogP contribution in [0.4, 0.5) is 0 Å². The number of aliphatic hydroxyl groups is 3. The Morgan fingerprint density at radius 1 is 1.48 bits per heavy atom. The molecule has 0 aliphatic carbocycles. The number of nitrogens with zero attached hydrogens (tertiary/aromatic N) is 3. The fraction of sp³-hybridized carbons (Fsp3) is 0.545. The zero-order chi connectivity index (χ0) is 15.1. The summed E-state index contributed by atoms with van der Waals surface area (Å²) < 4.78 is 11.6. The molecule has 1 aliphatic heterocycles. The number of hydrogen-bond acceptors (Lipinski definition) is 8. The van der Waals surface area contributed by atoms with Gasteiger partial charge in [-0.15, -0.1) is 5.10 Å². The van der Waals surface area contributed by atoms with E-state index in [1.165, 1.54) is 13.4 Å². The minimum Gasteiger partial charge on any atom is -0.479 e. The van der Waals surface area contributed by atoms with Crippen LogP contribution in [0, 0.1) is 0 Å². The molecule has 0 unspecified atom stereocenters. The van der Waals surface area contributed by atoms with Crippen LogP contribution in [0.5, 0.6) is 5.88 Å². The van der Waals surface area contributed by atoms with Crippen molar-refractivity contribution in [1.82, 2.24) is 19.7 Å². The van der Waals surface area contributed by atoms with E-state index in [1.54, 1.807) is 0 Å². The van der Waals surface area contributed by atoms with E-state index in [9.17, 15) is 15.0 Å². The summed E-state index contributed by atoms with van der Waals surface area (Å²) in [5.41, 5.74) is -0.305. The van der Waals surface area contributed by atoms with E-state index in [0.29, 0.717) is 0 Å². The van der Waals surface area contributed by atoms with Crippen LogP contribution < -0.4 is 10.3 Å². The number of H-pyrrole nitrogens is 1. The topological polar surface area (TPSA) is 143 Å². The van der Waals surface area contributed by atoms with Gasteiger partial charge in [-0.1, -0.05) is 0 Å². The Bertz CT molecular complexity index is 712. The van der Waals surface area contributed by atoms with Crippen molar-refractivity contribution in [2.45, 2.75) is 24.5 Å². The molecule has 1 fully saturated rings. The molecule has 2 aromatic heterocycles. The van der Waals surface area contributed by atoms with E-state index in [-0.39, 0.29) is 16.9 Å². The maximum Gasteiger partial charge on any atom is 0.265 e. The molecule has 3 heterocycles. The molecule has 1 aliphatic rings.